The van der Waals surface area contributed by atoms with E-state index in [2.05, 4.69) is 29.0 Å². The summed E-state index contributed by atoms with van der Waals surface area (Å²) >= 11 is 0. The van der Waals surface area contributed by atoms with E-state index in [9.17, 15) is 0 Å². The molecule has 0 saturated carbocycles. The molecule has 3 nitrogen and oxygen atoms in total. The van der Waals surface area contributed by atoms with Gasteiger partial charge in [0.25, 0.3) is 0 Å². The number of fused-ring (bicyclic) bond motifs is 1. The number of rotatable bonds is 3. The van der Waals surface area contributed by atoms with Crippen LogP contribution in [0.15, 0.2) is 54.7 Å². The number of para-hydroxylation sites is 2. The zero-order valence-corrected chi connectivity index (χ0v) is 11.5. The number of nitrogens with two attached hydrogens (primary N) is 1. The summed E-state index contributed by atoms with van der Waals surface area (Å²) in [5, 5.41) is 0. The number of hydrogen-bond acceptors (Lipinski definition) is 3. The van der Waals surface area contributed by atoms with E-state index in [1.165, 1.54) is 11.1 Å². The second-order valence-electron chi connectivity index (χ2n) is 5.02. The Labute approximate surface area is 118 Å². The van der Waals surface area contributed by atoms with Gasteiger partial charge >= 0.3 is 0 Å². The van der Waals surface area contributed by atoms with Crippen LogP contribution < -0.4 is 5.73 Å². The first-order chi connectivity index (χ1) is 9.74. The zero-order valence-electron chi connectivity index (χ0n) is 11.5. The minimum absolute atomic E-state index is 0.131. The van der Waals surface area contributed by atoms with E-state index < -0.39 is 0 Å². The zero-order chi connectivity index (χ0) is 13.9. The minimum atomic E-state index is -0.131. The van der Waals surface area contributed by atoms with Crippen molar-refractivity contribution in [1.82, 2.24) is 9.97 Å². The Kier molecular flexibility index (Phi) is 3.44. The second kappa shape index (κ2) is 5.39. The van der Waals surface area contributed by atoms with Crippen LogP contribution in [0.2, 0.25) is 0 Å². The highest BCUT2D eigenvalue weighted by atomic mass is 14.8. The molecule has 1 unspecified atom stereocenters. The van der Waals surface area contributed by atoms with Crippen LogP contribution in [-0.4, -0.2) is 9.97 Å². The number of aromatic nitrogens is 2. The lowest BCUT2D eigenvalue weighted by atomic mass is 10.00. The average Bonchev–Trinajstić information content (AvgIpc) is 2.49. The lowest BCUT2D eigenvalue weighted by molar-refractivity contribution is 0.693. The summed E-state index contributed by atoms with van der Waals surface area (Å²) in [5.41, 5.74) is 11.4. The Bertz CT molecular complexity index is 737. The van der Waals surface area contributed by atoms with Gasteiger partial charge in [0.2, 0.25) is 0 Å². The second-order valence-corrected chi connectivity index (χ2v) is 5.02. The largest absolute Gasteiger partial charge is 0.322 e. The highest BCUT2D eigenvalue weighted by Gasteiger charge is 2.11. The van der Waals surface area contributed by atoms with Crippen molar-refractivity contribution in [3.05, 3.63) is 71.5 Å². The van der Waals surface area contributed by atoms with Gasteiger partial charge in [-0.1, -0.05) is 36.4 Å². The van der Waals surface area contributed by atoms with Crippen LogP contribution in [0.1, 0.15) is 22.9 Å². The number of aryl methyl sites for hydroxylation is 1. The molecule has 3 aromatic rings. The van der Waals surface area contributed by atoms with Crippen molar-refractivity contribution in [1.29, 1.82) is 0 Å². The van der Waals surface area contributed by atoms with E-state index in [1.807, 2.05) is 36.4 Å². The molecule has 2 aromatic carbocycles. The van der Waals surface area contributed by atoms with Crippen LogP contribution in [0.25, 0.3) is 11.0 Å². The van der Waals surface area contributed by atoms with E-state index >= 15 is 0 Å². The third-order valence-corrected chi connectivity index (χ3v) is 3.55. The molecule has 0 radical (unpaired) electrons. The molecule has 0 spiro atoms. The monoisotopic (exact) mass is 263 g/mol. The highest BCUT2D eigenvalue weighted by molar-refractivity contribution is 5.73. The molecule has 0 amide bonds. The van der Waals surface area contributed by atoms with Gasteiger partial charge in [0.05, 0.1) is 29.0 Å². The fourth-order valence-electron chi connectivity index (χ4n) is 2.33. The van der Waals surface area contributed by atoms with Gasteiger partial charge in [0.1, 0.15) is 0 Å². The Morgan fingerprint density at radius 3 is 2.50 bits per heavy atom. The summed E-state index contributed by atoms with van der Waals surface area (Å²) in [6.45, 7) is 2.11. The first-order valence-corrected chi connectivity index (χ1v) is 6.76. The standard InChI is InChI=1S/C17H17N3/c1-12-6-2-3-7-13(12)10-14(18)17-11-19-15-8-4-5-9-16(15)20-17/h2-9,11,14H,10,18H2,1H3. The average molecular weight is 263 g/mol. The fourth-order valence-corrected chi connectivity index (χ4v) is 2.33. The molecular formula is C17H17N3. The SMILES string of the molecule is Cc1ccccc1CC(N)c1cnc2ccccc2n1. The first-order valence-electron chi connectivity index (χ1n) is 6.76. The van der Waals surface area contributed by atoms with Crippen molar-refractivity contribution in [3.63, 3.8) is 0 Å². The third kappa shape index (κ3) is 2.53. The number of hydrogen-bond donors (Lipinski definition) is 1. The van der Waals surface area contributed by atoms with Gasteiger partial charge in [-0.3, -0.25) is 4.98 Å². The Balaban J connectivity index is 1.89. The fraction of sp³-hybridized carbons (Fsp3) is 0.176. The van der Waals surface area contributed by atoms with Gasteiger partial charge in [-0.2, -0.15) is 0 Å². The number of nitrogens with zero attached hydrogens (tertiary/aromatic N) is 2. The van der Waals surface area contributed by atoms with E-state index in [0.717, 1.165) is 23.1 Å². The molecule has 2 N–H and O–H groups in total. The Morgan fingerprint density at radius 2 is 1.70 bits per heavy atom. The van der Waals surface area contributed by atoms with Crippen LogP contribution in [0.4, 0.5) is 0 Å². The quantitative estimate of drug-likeness (QED) is 0.789. The van der Waals surface area contributed by atoms with Gasteiger partial charge in [0.15, 0.2) is 0 Å². The molecule has 1 aromatic heterocycles. The summed E-state index contributed by atoms with van der Waals surface area (Å²) in [6, 6.07) is 16.0. The molecule has 0 saturated heterocycles. The molecule has 3 heteroatoms. The van der Waals surface area contributed by atoms with Gasteiger partial charge < -0.3 is 5.73 Å². The van der Waals surface area contributed by atoms with Crippen molar-refractivity contribution in [2.75, 3.05) is 0 Å². The molecule has 0 bridgehead atoms. The molecule has 3 rings (SSSR count). The van der Waals surface area contributed by atoms with E-state index in [0.29, 0.717) is 0 Å². The molecule has 100 valence electrons. The first kappa shape index (κ1) is 12.8. The summed E-state index contributed by atoms with van der Waals surface area (Å²) < 4.78 is 0. The van der Waals surface area contributed by atoms with E-state index in [-0.39, 0.29) is 6.04 Å². The Hall–Kier alpha value is -2.26. The van der Waals surface area contributed by atoms with E-state index in [1.54, 1.807) is 6.20 Å². The van der Waals surface area contributed by atoms with Crippen molar-refractivity contribution >= 4 is 11.0 Å². The van der Waals surface area contributed by atoms with Gasteiger partial charge in [0, 0.05) is 0 Å². The topological polar surface area (TPSA) is 51.8 Å². The number of benzene rings is 2. The predicted molar refractivity (Wildman–Crippen MR) is 81.3 cm³/mol. The van der Waals surface area contributed by atoms with Gasteiger partial charge in [-0.15, -0.1) is 0 Å². The van der Waals surface area contributed by atoms with Crippen molar-refractivity contribution in [2.24, 2.45) is 5.73 Å². The van der Waals surface area contributed by atoms with Crippen molar-refractivity contribution in [2.45, 2.75) is 19.4 Å². The minimum Gasteiger partial charge on any atom is -0.322 e. The van der Waals surface area contributed by atoms with Crippen LogP contribution in [-0.2, 0) is 6.42 Å². The Morgan fingerprint density at radius 1 is 1.00 bits per heavy atom. The van der Waals surface area contributed by atoms with Crippen LogP contribution >= 0.6 is 0 Å². The molecule has 0 aliphatic carbocycles. The lowest BCUT2D eigenvalue weighted by Crippen LogP contribution is -2.16. The third-order valence-electron chi connectivity index (χ3n) is 3.55. The molecule has 1 atom stereocenters. The predicted octanol–water partition coefficient (Wildman–Crippen LogP) is 3.18. The van der Waals surface area contributed by atoms with Crippen LogP contribution in [0.3, 0.4) is 0 Å². The van der Waals surface area contributed by atoms with Crippen LogP contribution in [0.5, 0.6) is 0 Å². The van der Waals surface area contributed by atoms with E-state index in [4.69, 9.17) is 5.73 Å². The van der Waals surface area contributed by atoms with Gasteiger partial charge in [-0.25, -0.2) is 4.98 Å². The summed E-state index contributed by atoms with van der Waals surface area (Å²) in [6.07, 6.45) is 2.56. The van der Waals surface area contributed by atoms with Gasteiger partial charge in [-0.05, 0) is 36.6 Å². The maximum absolute atomic E-state index is 6.28. The highest BCUT2D eigenvalue weighted by Crippen LogP contribution is 2.18. The lowest BCUT2D eigenvalue weighted by Gasteiger charge is -2.13. The maximum atomic E-state index is 6.28. The molecule has 20 heavy (non-hydrogen) atoms. The molecule has 0 aliphatic rings. The van der Waals surface area contributed by atoms with Crippen LogP contribution in [0, 0.1) is 6.92 Å². The summed E-state index contributed by atoms with van der Waals surface area (Å²) in [4.78, 5) is 9.04. The molecule has 1 heterocycles. The normalized spacial score (nSPS) is 12.5. The summed E-state index contributed by atoms with van der Waals surface area (Å²) in [7, 11) is 0. The molecule has 0 aliphatic heterocycles. The maximum Gasteiger partial charge on any atom is 0.0890 e. The summed E-state index contributed by atoms with van der Waals surface area (Å²) in [5.74, 6) is 0. The molecular weight excluding hydrogens is 246 g/mol. The van der Waals surface area contributed by atoms with Crippen molar-refractivity contribution in [3.8, 4) is 0 Å². The van der Waals surface area contributed by atoms with Crippen molar-refractivity contribution < 1.29 is 0 Å². The molecule has 0 fully saturated rings. The smallest absolute Gasteiger partial charge is 0.0890 e.